The van der Waals surface area contributed by atoms with Gasteiger partial charge in [0.05, 0.1) is 12.0 Å². The van der Waals surface area contributed by atoms with E-state index in [1.807, 2.05) is 0 Å². The molecule has 2 atom stereocenters. The number of ketones is 1. The molecule has 6 nitrogen and oxygen atoms in total. The minimum absolute atomic E-state index is 0.0642. The van der Waals surface area contributed by atoms with Gasteiger partial charge in [-0.1, -0.05) is 6.58 Å². The van der Waals surface area contributed by atoms with Crippen molar-refractivity contribution < 1.29 is 29.6 Å². The first-order valence-corrected chi connectivity index (χ1v) is 6.87. The first kappa shape index (κ1) is 16.0. The summed E-state index contributed by atoms with van der Waals surface area (Å²) < 4.78 is 5.10. The molecule has 1 aromatic rings. The van der Waals surface area contributed by atoms with E-state index in [-0.39, 0.29) is 23.5 Å². The third-order valence-electron chi connectivity index (χ3n) is 3.73. The number of benzene rings is 1. The highest BCUT2D eigenvalue weighted by Crippen LogP contribution is 2.32. The summed E-state index contributed by atoms with van der Waals surface area (Å²) in [7, 11) is 0. The van der Waals surface area contributed by atoms with Crippen molar-refractivity contribution in [2.45, 2.75) is 37.9 Å². The zero-order valence-corrected chi connectivity index (χ0v) is 12.2. The molecule has 1 saturated heterocycles. The van der Waals surface area contributed by atoms with Crippen LogP contribution < -0.4 is 0 Å². The molecule has 0 aromatic heterocycles. The summed E-state index contributed by atoms with van der Waals surface area (Å²) >= 11 is 0. The van der Waals surface area contributed by atoms with Gasteiger partial charge in [-0.15, -0.1) is 0 Å². The molecule has 1 aliphatic heterocycles. The predicted molar refractivity (Wildman–Crippen MR) is 77.6 cm³/mol. The molecule has 118 valence electrons. The Morgan fingerprint density at radius 3 is 2.73 bits per heavy atom. The van der Waals surface area contributed by atoms with Crippen LogP contribution in [0.2, 0.25) is 0 Å². The lowest BCUT2D eigenvalue weighted by molar-refractivity contribution is -0.179. The number of carbonyl (C=O) groups is 2. The molecule has 1 fully saturated rings. The second-order valence-corrected chi connectivity index (χ2v) is 5.61. The van der Waals surface area contributed by atoms with Crippen LogP contribution >= 0.6 is 0 Å². The molecule has 0 spiro atoms. The summed E-state index contributed by atoms with van der Waals surface area (Å²) in [6.07, 6.45) is -0.547. The number of carbonyl (C=O) groups excluding carboxylic acids is 2. The minimum Gasteiger partial charge on any atom is -0.508 e. The summed E-state index contributed by atoms with van der Waals surface area (Å²) in [4.78, 5) is 24.2. The molecular weight excluding hydrogens is 288 g/mol. The number of hydrogen-bond acceptors (Lipinski definition) is 6. The molecule has 1 heterocycles. The molecule has 0 saturated carbocycles. The number of aliphatic hydroxyl groups is 1. The van der Waals surface area contributed by atoms with E-state index < -0.39 is 29.9 Å². The van der Waals surface area contributed by atoms with Crippen LogP contribution in [0.3, 0.4) is 0 Å². The summed E-state index contributed by atoms with van der Waals surface area (Å²) in [5.41, 5.74) is -1.41. The molecule has 0 unspecified atom stereocenters. The molecule has 22 heavy (non-hydrogen) atoms. The Kier molecular flexibility index (Phi) is 4.23. The van der Waals surface area contributed by atoms with Gasteiger partial charge in [-0.25, -0.2) is 4.79 Å². The van der Waals surface area contributed by atoms with E-state index in [2.05, 4.69) is 6.58 Å². The van der Waals surface area contributed by atoms with Crippen molar-refractivity contribution in [2.24, 2.45) is 0 Å². The van der Waals surface area contributed by atoms with E-state index in [9.17, 15) is 24.9 Å². The molecule has 0 aliphatic carbocycles. The average Bonchev–Trinajstić information content (AvgIpc) is 2.44. The first-order chi connectivity index (χ1) is 10.2. The molecule has 0 radical (unpaired) electrons. The number of rotatable bonds is 4. The van der Waals surface area contributed by atoms with Crippen LogP contribution in [0.4, 0.5) is 0 Å². The van der Waals surface area contributed by atoms with Crippen LogP contribution in [-0.4, -0.2) is 38.8 Å². The smallest absolute Gasteiger partial charge is 0.339 e. The van der Waals surface area contributed by atoms with Crippen molar-refractivity contribution in [3.63, 3.8) is 0 Å². The molecule has 1 aliphatic rings. The van der Waals surface area contributed by atoms with E-state index >= 15 is 0 Å². The normalized spacial score (nSPS) is 24.6. The molecule has 0 bridgehead atoms. The van der Waals surface area contributed by atoms with Crippen molar-refractivity contribution in [2.75, 3.05) is 0 Å². The first-order valence-electron chi connectivity index (χ1n) is 6.87. The lowest BCUT2D eigenvalue weighted by atomic mass is 9.85. The maximum Gasteiger partial charge on any atom is 0.339 e. The van der Waals surface area contributed by atoms with Gasteiger partial charge in [0.15, 0.2) is 11.4 Å². The fraction of sp³-hybridized carbons (Fsp3) is 0.375. The third-order valence-corrected chi connectivity index (χ3v) is 3.73. The Labute approximate surface area is 127 Å². The van der Waals surface area contributed by atoms with E-state index in [4.69, 9.17) is 4.74 Å². The molecule has 6 heteroatoms. The number of aromatic hydroxyl groups is 2. The van der Waals surface area contributed by atoms with Gasteiger partial charge in [0.2, 0.25) is 0 Å². The van der Waals surface area contributed by atoms with E-state index in [0.29, 0.717) is 12.0 Å². The van der Waals surface area contributed by atoms with E-state index in [1.54, 1.807) is 6.92 Å². The lowest BCUT2D eigenvalue weighted by Crippen LogP contribution is -2.48. The number of esters is 1. The fourth-order valence-corrected chi connectivity index (χ4v) is 2.39. The standard InChI is InChI=1S/C16H18O6/c1-9(2)14-5-6-16(21,15(20)22-14)8-13(19)11-7-10(17)3-4-12(11)18/h3-4,7,14,17-18,21H,1,5-6,8H2,2H3/t14-,16-/m1/s1. The van der Waals surface area contributed by atoms with Crippen molar-refractivity contribution in [1.29, 1.82) is 0 Å². The van der Waals surface area contributed by atoms with Gasteiger partial charge in [-0.05, 0) is 43.5 Å². The Hall–Kier alpha value is -2.34. The second kappa shape index (κ2) is 5.81. The van der Waals surface area contributed by atoms with Crippen LogP contribution in [0.1, 0.15) is 36.5 Å². The zero-order chi connectivity index (χ0) is 16.5. The average molecular weight is 306 g/mol. The molecule has 3 N–H and O–H groups in total. The summed E-state index contributed by atoms with van der Waals surface area (Å²) in [5.74, 6) is -2.04. The Morgan fingerprint density at radius 2 is 2.14 bits per heavy atom. The largest absolute Gasteiger partial charge is 0.508 e. The van der Waals surface area contributed by atoms with Gasteiger partial charge >= 0.3 is 5.97 Å². The number of phenols is 2. The highest BCUT2D eigenvalue weighted by molar-refractivity contribution is 6.02. The van der Waals surface area contributed by atoms with Crippen LogP contribution in [0, 0.1) is 0 Å². The fourth-order valence-electron chi connectivity index (χ4n) is 2.39. The highest BCUT2D eigenvalue weighted by Gasteiger charge is 2.45. The lowest BCUT2D eigenvalue weighted by Gasteiger charge is -2.34. The van der Waals surface area contributed by atoms with Gasteiger partial charge in [0.1, 0.15) is 17.6 Å². The number of Topliss-reactive ketones (excluding diaryl/α,β-unsaturated/α-hetero) is 1. The third kappa shape index (κ3) is 3.12. The van der Waals surface area contributed by atoms with E-state index in [0.717, 1.165) is 6.07 Å². The van der Waals surface area contributed by atoms with Gasteiger partial charge < -0.3 is 20.1 Å². The maximum absolute atomic E-state index is 12.2. The second-order valence-electron chi connectivity index (χ2n) is 5.61. The van der Waals surface area contributed by atoms with Crippen LogP contribution in [-0.2, 0) is 9.53 Å². The van der Waals surface area contributed by atoms with Gasteiger partial charge in [-0.3, -0.25) is 4.79 Å². The number of phenolic OH excluding ortho intramolecular Hbond substituents is 2. The summed E-state index contributed by atoms with van der Waals surface area (Å²) in [5, 5.41) is 29.4. The highest BCUT2D eigenvalue weighted by atomic mass is 16.6. The van der Waals surface area contributed by atoms with Gasteiger partial charge in [0.25, 0.3) is 0 Å². The summed E-state index contributed by atoms with van der Waals surface area (Å²) in [6, 6.07) is 3.49. The van der Waals surface area contributed by atoms with Gasteiger partial charge in [-0.2, -0.15) is 0 Å². The van der Waals surface area contributed by atoms with Crippen molar-refractivity contribution in [3.05, 3.63) is 35.9 Å². The molecular formula is C16H18O6. The Balaban J connectivity index is 2.16. The predicted octanol–water partition coefficient (Wildman–Crippen LogP) is 1.68. The monoisotopic (exact) mass is 306 g/mol. The zero-order valence-electron chi connectivity index (χ0n) is 12.2. The molecule has 0 amide bonds. The SMILES string of the molecule is C=C(C)[C@H]1CC[C@@](O)(CC(=O)c2cc(O)ccc2O)C(=O)O1. The molecule has 2 rings (SSSR count). The topological polar surface area (TPSA) is 104 Å². The van der Waals surface area contributed by atoms with Crippen LogP contribution in [0.15, 0.2) is 30.4 Å². The quantitative estimate of drug-likeness (QED) is 0.338. The number of cyclic esters (lactones) is 1. The van der Waals surface area contributed by atoms with Gasteiger partial charge in [0, 0.05) is 0 Å². The minimum atomic E-state index is -1.93. The maximum atomic E-state index is 12.2. The summed E-state index contributed by atoms with van der Waals surface area (Å²) in [6.45, 7) is 5.42. The number of ether oxygens (including phenoxy) is 1. The van der Waals surface area contributed by atoms with Crippen molar-refractivity contribution >= 4 is 11.8 Å². The Morgan fingerprint density at radius 1 is 1.45 bits per heavy atom. The Bertz CT molecular complexity index is 636. The van der Waals surface area contributed by atoms with E-state index in [1.165, 1.54) is 12.1 Å². The molecule has 1 aromatic carbocycles. The van der Waals surface area contributed by atoms with Crippen molar-refractivity contribution in [1.82, 2.24) is 0 Å². The van der Waals surface area contributed by atoms with Crippen molar-refractivity contribution in [3.8, 4) is 11.5 Å². The number of hydrogen-bond donors (Lipinski definition) is 3. The van der Waals surface area contributed by atoms with Crippen LogP contribution in [0.5, 0.6) is 11.5 Å². The van der Waals surface area contributed by atoms with Crippen LogP contribution in [0.25, 0.3) is 0 Å².